The van der Waals surface area contributed by atoms with Gasteiger partial charge in [-0.1, -0.05) is 24.3 Å². The average molecular weight is 559 g/mol. The second kappa shape index (κ2) is 12.1. The number of pyridine rings is 2. The van der Waals surface area contributed by atoms with Gasteiger partial charge in [0.25, 0.3) is 11.8 Å². The number of alkyl halides is 2. The van der Waals surface area contributed by atoms with Gasteiger partial charge in [0.05, 0.1) is 30.2 Å². The molecule has 0 spiro atoms. The van der Waals surface area contributed by atoms with Gasteiger partial charge in [-0.3, -0.25) is 19.6 Å². The van der Waals surface area contributed by atoms with Gasteiger partial charge in [-0.2, -0.15) is 5.26 Å². The van der Waals surface area contributed by atoms with E-state index in [0.717, 1.165) is 41.2 Å². The number of benzene rings is 1. The molecule has 8 nitrogen and oxygen atoms in total. The number of hydrogen-bond acceptors (Lipinski definition) is 6. The normalized spacial score (nSPS) is 19.5. The van der Waals surface area contributed by atoms with Crippen LogP contribution in [0, 0.1) is 17.2 Å². The quantitative estimate of drug-likeness (QED) is 0.467. The van der Waals surface area contributed by atoms with Crippen molar-refractivity contribution in [1.82, 2.24) is 25.1 Å². The number of piperidine rings is 1. The van der Waals surface area contributed by atoms with E-state index in [1.165, 1.54) is 19.0 Å². The monoisotopic (exact) mass is 558 g/mol. The molecule has 0 radical (unpaired) electrons. The number of nitriles is 1. The summed E-state index contributed by atoms with van der Waals surface area (Å²) in [5.41, 5.74) is 3.82. The minimum absolute atomic E-state index is 0.307. The molecule has 1 aromatic carbocycles. The first-order valence-corrected chi connectivity index (χ1v) is 13.8. The Kier molecular flexibility index (Phi) is 8.36. The lowest BCUT2D eigenvalue weighted by atomic mass is 9.92. The summed E-state index contributed by atoms with van der Waals surface area (Å²) in [4.78, 5) is 37.7. The lowest BCUT2D eigenvalue weighted by Crippen LogP contribution is -2.43. The third-order valence-electron chi connectivity index (χ3n) is 7.80. The summed E-state index contributed by atoms with van der Waals surface area (Å²) in [7, 11) is 2.16. The molecule has 1 atom stereocenters. The maximum absolute atomic E-state index is 13.7. The van der Waals surface area contributed by atoms with E-state index in [0.29, 0.717) is 22.4 Å². The van der Waals surface area contributed by atoms with Crippen LogP contribution in [0.25, 0.3) is 23.1 Å². The Labute approximate surface area is 237 Å². The van der Waals surface area contributed by atoms with Crippen molar-refractivity contribution >= 4 is 34.9 Å². The highest BCUT2D eigenvalue weighted by atomic mass is 19.3. The first-order chi connectivity index (χ1) is 19.7. The maximum Gasteiger partial charge on any atom is 0.268 e. The zero-order valence-electron chi connectivity index (χ0n) is 22.9. The number of aromatic nitrogens is 2. The molecule has 10 heteroatoms. The highest BCUT2D eigenvalue weighted by molar-refractivity contribution is 6.07. The fourth-order valence-corrected chi connectivity index (χ4v) is 5.42. The standard InChI is InChI=1S/C31H32F2N6O2/c1-38-12-9-22(10-13-38)14-24-6-4-23(18-36-24)3-2-21-5-7-28-27(15-21)26(8-11-35-28)30(41)37-19-29(40)39-20-31(32,33)16-25(39)17-34/h2-8,11,15,18,22,25H,9-10,12-14,16,19-20H2,1H3,(H,37,41)/b3-2+/t25-/m0/s1. The topological polar surface area (TPSA) is 102 Å². The van der Waals surface area contributed by atoms with Crippen molar-refractivity contribution in [3.63, 3.8) is 0 Å². The molecule has 2 aromatic heterocycles. The Morgan fingerprint density at radius 2 is 1.88 bits per heavy atom. The lowest BCUT2D eigenvalue weighted by Gasteiger charge is -2.28. The molecule has 2 fully saturated rings. The Balaban J connectivity index is 1.23. The van der Waals surface area contributed by atoms with Gasteiger partial charge >= 0.3 is 0 Å². The molecule has 41 heavy (non-hydrogen) atoms. The van der Waals surface area contributed by atoms with Crippen LogP contribution in [0.3, 0.4) is 0 Å². The van der Waals surface area contributed by atoms with E-state index in [2.05, 4.69) is 39.4 Å². The number of amides is 2. The molecule has 1 N–H and O–H groups in total. The van der Waals surface area contributed by atoms with Crippen molar-refractivity contribution in [2.24, 2.45) is 5.92 Å². The van der Waals surface area contributed by atoms with Gasteiger partial charge in [-0.25, -0.2) is 8.78 Å². The third kappa shape index (κ3) is 6.92. The molecule has 3 aromatic rings. The molecule has 2 aliphatic rings. The fraction of sp³-hybridized carbons (Fsp3) is 0.387. The molecule has 212 valence electrons. The van der Waals surface area contributed by atoms with E-state index in [9.17, 15) is 18.4 Å². The minimum atomic E-state index is -3.12. The van der Waals surface area contributed by atoms with Crippen LogP contribution in [-0.2, 0) is 11.2 Å². The molecule has 2 aliphatic heterocycles. The molecule has 0 bridgehead atoms. The largest absolute Gasteiger partial charge is 0.343 e. The summed E-state index contributed by atoms with van der Waals surface area (Å²) in [6.07, 6.45) is 9.95. The number of carbonyl (C=O) groups is 2. The predicted octanol–water partition coefficient (Wildman–Crippen LogP) is 4.17. The van der Waals surface area contributed by atoms with Gasteiger partial charge in [0.2, 0.25) is 5.91 Å². The van der Waals surface area contributed by atoms with E-state index >= 15 is 0 Å². The van der Waals surface area contributed by atoms with Crippen molar-refractivity contribution in [2.45, 2.75) is 37.6 Å². The molecule has 0 saturated carbocycles. The molecule has 2 amide bonds. The smallest absolute Gasteiger partial charge is 0.268 e. The second-order valence-electron chi connectivity index (χ2n) is 10.9. The number of halogens is 2. The number of nitrogens with zero attached hydrogens (tertiary/aromatic N) is 5. The third-order valence-corrected chi connectivity index (χ3v) is 7.80. The zero-order chi connectivity index (χ0) is 29.0. The SMILES string of the molecule is CN1CCC(Cc2ccc(/C=C/c3ccc4nccc(C(=O)NCC(=O)N5CC(F)(F)C[C@H]5C#N)c4c3)cn2)CC1. The molecule has 5 rings (SSSR count). The van der Waals surface area contributed by atoms with Gasteiger partial charge in [-0.05, 0) is 80.7 Å². The number of carbonyl (C=O) groups excluding carboxylic acids is 2. The molecule has 0 aliphatic carbocycles. The molecular weight excluding hydrogens is 526 g/mol. The highest BCUT2D eigenvalue weighted by Crippen LogP contribution is 2.31. The molecule has 0 unspecified atom stereocenters. The van der Waals surface area contributed by atoms with Crippen LogP contribution in [0.4, 0.5) is 8.78 Å². The molecule has 4 heterocycles. The van der Waals surface area contributed by atoms with Gasteiger partial charge in [0.1, 0.15) is 6.04 Å². The number of likely N-dealkylation sites (tertiary alicyclic amines) is 2. The van der Waals surface area contributed by atoms with Crippen LogP contribution < -0.4 is 5.32 Å². The van der Waals surface area contributed by atoms with Crippen molar-refractivity contribution < 1.29 is 18.4 Å². The van der Waals surface area contributed by atoms with Crippen molar-refractivity contribution in [2.75, 3.05) is 33.2 Å². The minimum Gasteiger partial charge on any atom is -0.343 e. The van der Waals surface area contributed by atoms with Crippen LogP contribution in [0.2, 0.25) is 0 Å². The zero-order valence-corrected chi connectivity index (χ0v) is 22.9. The summed E-state index contributed by atoms with van der Waals surface area (Å²) in [6, 6.07) is 11.7. The fourth-order valence-electron chi connectivity index (χ4n) is 5.42. The van der Waals surface area contributed by atoms with Crippen molar-refractivity contribution in [3.05, 3.63) is 71.2 Å². The molecule has 2 saturated heterocycles. The number of hydrogen-bond donors (Lipinski definition) is 1. The van der Waals surface area contributed by atoms with Crippen LogP contribution >= 0.6 is 0 Å². The van der Waals surface area contributed by atoms with E-state index in [4.69, 9.17) is 5.26 Å². The Morgan fingerprint density at radius 3 is 2.61 bits per heavy atom. The van der Waals surface area contributed by atoms with Crippen LogP contribution in [0.1, 0.15) is 46.4 Å². The van der Waals surface area contributed by atoms with Gasteiger partial charge < -0.3 is 15.1 Å². The number of rotatable bonds is 7. The summed E-state index contributed by atoms with van der Waals surface area (Å²) < 4.78 is 27.4. The summed E-state index contributed by atoms with van der Waals surface area (Å²) in [6.45, 7) is 0.954. The van der Waals surface area contributed by atoms with E-state index < -0.39 is 43.3 Å². The van der Waals surface area contributed by atoms with Crippen LogP contribution in [0.15, 0.2) is 48.8 Å². The number of fused-ring (bicyclic) bond motifs is 1. The van der Waals surface area contributed by atoms with E-state index in [1.54, 1.807) is 12.1 Å². The Hall–Kier alpha value is -4.23. The Morgan fingerprint density at radius 1 is 1.12 bits per heavy atom. The first-order valence-electron chi connectivity index (χ1n) is 13.8. The lowest BCUT2D eigenvalue weighted by molar-refractivity contribution is -0.131. The summed E-state index contributed by atoms with van der Waals surface area (Å²) >= 11 is 0. The van der Waals surface area contributed by atoms with Crippen LogP contribution in [0.5, 0.6) is 0 Å². The average Bonchev–Trinajstić information content (AvgIpc) is 3.30. The van der Waals surface area contributed by atoms with Crippen molar-refractivity contribution in [3.8, 4) is 6.07 Å². The maximum atomic E-state index is 13.7. The van der Waals surface area contributed by atoms with Gasteiger partial charge in [0, 0.05) is 29.9 Å². The summed E-state index contributed by atoms with van der Waals surface area (Å²) in [5, 5.41) is 12.2. The van der Waals surface area contributed by atoms with Gasteiger partial charge in [0.15, 0.2) is 0 Å². The van der Waals surface area contributed by atoms with Crippen LogP contribution in [-0.4, -0.2) is 76.8 Å². The van der Waals surface area contributed by atoms with Gasteiger partial charge in [-0.15, -0.1) is 0 Å². The molecular formula is C31H32F2N6O2. The highest BCUT2D eigenvalue weighted by Gasteiger charge is 2.47. The Bertz CT molecular complexity index is 1490. The number of nitrogens with one attached hydrogen (secondary N) is 1. The summed E-state index contributed by atoms with van der Waals surface area (Å²) in [5.74, 6) is -3.70. The van der Waals surface area contributed by atoms with Crippen molar-refractivity contribution in [1.29, 1.82) is 5.26 Å². The van der Waals surface area contributed by atoms with E-state index in [-0.39, 0.29) is 0 Å². The van der Waals surface area contributed by atoms with E-state index in [1.807, 2.05) is 36.5 Å². The predicted molar refractivity (Wildman–Crippen MR) is 152 cm³/mol. The first kappa shape index (κ1) is 28.3. The second-order valence-corrected chi connectivity index (χ2v) is 10.9.